The fourth-order valence-electron chi connectivity index (χ4n) is 1.37. The third-order valence-electron chi connectivity index (χ3n) is 2.16. The van der Waals surface area contributed by atoms with Crippen molar-refractivity contribution in [2.24, 2.45) is 0 Å². The largest absolute Gasteiger partial charge is 0.481 e. The molecule has 0 fully saturated rings. The highest BCUT2D eigenvalue weighted by Gasteiger charge is 2.15. The number of aliphatic carboxylic acids is 1. The zero-order valence-electron chi connectivity index (χ0n) is 8.73. The third kappa shape index (κ3) is 4.59. The summed E-state index contributed by atoms with van der Waals surface area (Å²) in [6.45, 7) is 0. The number of nitrogens with one attached hydrogen (secondary N) is 2. The van der Waals surface area contributed by atoms with Crippen molar-refractivity contribution in [2.75, 3.05) is 0 Å². The minimum Gasteiger partial charge on any atom is -0.481 e. The lowest BCUT2D eigenvalue weighted by Gasteiger charge is -2.11. The summed E-state index contributed by atoms with van der Waals surface area (Å²) in [5.74, 6) is -1.64. The van der Waals surface area contributed by atoms with Gasteiger partial charge in [-0.1, -0.05) is 12.2 Å². The molecule has 1 rings (SSSR count). The van der Waals surface area contributed by atoms with Gasteiger partial charge in [0.2, 0.25) is 5.91 Å². The fraction of sp³-hybridized carbons (Fsp3) is 0.500. The summed E-state index contributed by atoms with van der Waals surface area (Å²) in [6.07, 6.45) is 4.97. The van der Waals surface area contributed by atoms with E-state index in [9.17, 15) is 14.4 Å². The van der Waals surface area contributed by atoms with Crippen LogP contribution >= 0.6 is 0 Å². The number of imide groups is 1. The van der Waals surface area contributed by atoms with Crippen LogP contribution in [0.1, 0.15) is 25.7 Å². The number of hydrogen-bond donors (Lipinski definition) is 3. The quantitative estimate of drug-likeness (QED) is 0.604. The number of carboxylic acids is 1. The number of carboxylic acid groups (broad SMARTS) is 1. The SMILES string of the molecule is O=C(O)CCC(=O)NC(=O)NC1CC=CC1. The monoisotopic (exact) mass is 226 g/mol. The first-order valence-electron chi connectivity index (χ1n) is 5.05. The Morgan fingerprint density at radius 2 is 1.81 bits per heavy atom. The van der Waals surface area contributed by atoms with Gasteiger partial charge < -0.3 is 10.4 Å². The van der Waals surface area contributed by atoms with E-state index in [1.54, 1.807) is 0 Å². The second-order valence-electron chi connectivity index (χ2n) is 3.56. The van der Waals surface area contributed by atoms with Crippen LogP contribution in [-0.4, -0.2) is 29.1 Å². The Morgan fingerprint density at radius 3 is 2.38 bits per heavy atom. The summed E-state index contributed by atoms with van der Waals surface area (Å²) >= 11 is 0. The fourth-order valence-corrected chi connectivity index (χ4v) is 1.37. The minimum absolute atomic E-state index is 0.0345. The van der Waals surface area contributed by atoms with Crippen LogP contribution in [0.2, 0.25) is 0 Å². The van der Waals surface area contributed by atoms with Gasteiger partial charge in [0.25, 0.3) is 0 Å². The molecular weight excluding hydrogens is 212 g/mol. The zero-order valence-corrected chi connectivity index (χ0v) is 8.73. The lowest BCUT2D eigenvalue weighted by Crippen LogP contribution is -2.43. The topological polar surface area (TPSA) is 95.5 Å². The number of rotatable bonds is 4. The van der Waals surface area contributed by atoms with E-state index in [0.29, 0.717) is 0 Å². The highest BCUT2D eigenvalue weighted by atomic mass is 16.4. The van der Waals surface area contributed by atoms with Crippen LogP contribution in [0.3, 0.4) is 0 Å². The predicted molar refractivity (Wildman–Crippen MR) is 55.7 cm³/mol. The number of amides is 3. The van der Waals surface area contributed by atoms with Gasteiger partial charge in [-0.25, -0.2) is 4.79 Å². The van der Waals surface area contributed by atoms with Crippen LogP contribution in [0.25, 0.3) is 0 Å². The molecule has 0 aromatic rings. The minimum atomic E-state index is -1.06. The standard InChI is InChI=1S/C10H14N2O4/c13-8(5-6-9(14)15)12-10(16)11-7-3-1-2-4-7/h1-2,7H,3-6H2,(H,14,15)(H2,11,12,13,16). The summed E-state index contributed by atoms with van der Waals surface area (Å²) < 4.78 is 0. The van der Waals surface area contributed by atoms with E-state index >= 15 is 0 Å². The molecule has 0 radical (unpaired) electrons. The van der Waals surface area contributed by atoms with Crippen LogP contribution in [0.15, 0.2) is 12.2 Å². The lowest BCUT2D eigenvalue weighted by molar-refractivity contribution is -0.138. The van der Waals surface area contributed by atoms with Crippen LogP contribution < -0.4 is 10.6 Å². The molecule has 1 aliphatic rings. The molecule has 0 aliphatic heterocycles. The molecule has 0 aromatic heterocycles. The van der Waals surface area contributed by atoms with Gasteiger partial charge in [0.15, 0.2) is 0 Å². The average molecular weight is 226 g/mol. The van der Waals surface area contributed by atoms with Crippen molar-refractivity contribution in [3.8, 4) is 0 Å². The van der Waals surface area contributed by atoms with Gasteiger partial charge in [0.05, 0.1) is 6.42 Å². The second-order valence-corrected chi connectivity index (χ2v) is 3.56. The van der Waals surface area contributed by atoms with E-state index in [-0.39, 0.29) is 18.9 Å². The Bertz CT molecular complexity index is 317. The Hall–Kier alpha value is -1.85. The molecule has 0 atom stereocenters. The van der Waals surface area contributed by atoms with Crippen molar-refractivity contribution in [3.05, 3.63) is 12.2 Å². The second kappa shape index (κ2) is 5.89. The molecule has 1 aliphatic carbocycles. The molecule has 0 saturated heterocycles. The number of urea groups is 1. The molecule has 3 amide bonds. The molecule has 88 valence electrons. The van der Waals surface area contributed by atoms with Crippen LogP contribution in [0, 0.1) is 0 Å². The van der Waals surface area contributed by atoms with Crippen molar-refractivity contribution in [2.45, 2.75) is 31.7 Å². The molecular formula is C10H14N2O4. The number of hydrogen-bond acceptors (Lipinski definition) is 3. The van der Waals surface area contributed by atoms with Gasteiger partial charge in [-0.2, -0.15) is 0 Å². The molecule has 6 heteroatoms. The first-order chi connectivity index (χ1) is 7.58. The first kappa shape index (κ1) is 12.2. The molecule has 0 aromatic carbocycles. The summed E-state index contributed by atoms with van der Waals surface area (Å²) in [6, 6.07) is -0.531. The van der Waals surface area contributed by atoms with Gasteiger partial charge in [0, 0.05) is 12.5 Å². The molecule has 0 heterocycles. The van der Waals surface area contributed by atoms with Crippen molar-refractivity contribution >= 4 is 17.9 Å². The molecule has 0 saturated carbocycles. The maximum absolute atomic E-state index is 11.2. The van der Waals surface area contributed by atoms with Crippen molar-refractivity contribution in [1.82, 2.24) is 10.6 Å². The van der Waals surface area contributed by atoms with E-state index in [4.69, 9.17) is 5.11 Å². The summed E-state index contributed by atoms with van der Waals surface area (Å²) in [4.78, 5) is 32.5. The Kier molecular flexibility index (Phi) is 4.50. The Balaban J connectivity index is 2.17. The summed E-state index contributed by atoms with van der Waals surface area (Å²) in [5, 5.41) is 13.0. The van der Waals surface area contributed by atoms with E-state index in [2.05, 4.69) is 10.6 Å². The van der Waals surface area contributed by atoms with Gasteiger partial charge in [-0.05, 0) is 12.8 Å². The number of carbonyl (C=O) groups is 3. The van der Waals surface area contributed by atoms with Crippen molar-refractivity contribution in [1.29, 1.82) is 0 Å². The van der Waals surface area contributed by atoms with Crippen LogP contribution in [0.4, 0.5) is 4.79 Å². The average Bonchev–Trinajstić information content (AvgIpc) is 2.67. The van der Waals surface area contributed by atoms with E-state index in [1.807, 2.05) is 12.2 Å². The molecule has 16 heavy (non-hydrogen) atoms. The van der Waals surface area contributed by atoms with E-state index in [0.717, 1.165) is 12.8 Å². The van der Waals surface area contributed by atoms with Crippen molar-refractivity contribution in [3.63, 3.8) is 0 Å². The Morgan fingerprint density at radius 1 is 1.19 bits per heavy atom. The number of carbonyl (C=O) groups excluding carboxylic acids is 2. The smallest absolute Gasteiger partial charge is 0.321 e. The normalized spacial score (nSPS) is 14.8. The highest BCUT2D eigenvalue weighted by molar-refractivity contribution is 5.95. The molecule has 3 N–H and O–H groups in total. The lowest BCUT2D eigenvalue weighted by atomic mass is 10.2. The van der Waals surface area contributed by atoms with Gasteiger partial charge >= 0.3 is 12.0 Å². The zero-order chi connectivity index (χ0) is 12.0. The van der Waals surface area contributed by atoms with Crippen LogP contribution in [0.5, 0.6) is 0 Å². The highest BCUT2D eigenvalue weighted by Crippen LogP contribution is 2.08. The summed E-state index contributed by atoms with van der Waals surface area (Å²) in [7, 11) is 0. The molecule has 0 bridgehead atoms. The third-order valence-corrected chi connectivity index (χ3v) is 2.16. The summed E-state index contributed by atoms with van der Waals surface area (Å²) in [5.41, 5.74) is 0. The van der Waals surface area contributed by atoms with Gasteiger partial charge in [0.1, 0.15) is 0 Å². The molecule has 0 unspecified atom stereocenters. The van der Waals surface area contributed by atoms with Crippen LogP contribution in [-0.2, 0) is 9.59 Å². The maximum Gasteiger partial charge on any atom is 0.321 e. The van der Waals surface area contributed by atoms with E-state index < -0.39 is 17.9 Å². The molecule has 0 spiro atoms. The van der Waals surface area contributed by atoms with E-state index in [1.165, 1.54) is 0 Å². The predicted octanol–water partition coefficient (Wildman–Crippen LogP) is 0.396. The van der Waals surface area contributed by atoms with Gasteiger partial charge in [-0.15, -0.1) is 0 Å². The van der Waals surface area contributed by atoms with Gasteiger partial charge in [-0.3, -0.25) is 14.9 Å². The molecule has 6 nitrogen and oxygen atoms in total. The van der Waals surface area contributed by atoms with Crippen molar-refractivity contribution < 1.29 is 19.5 Å². The maximum atomic E-state index is 11.2. The Labute approximate surface area is 92.7 Å². The first-order valence-corrected chi connectivity index (χ1v) is 5.05.